The van der Waals surface area contributed by atoms with Crippen molar-refractivity contribution in [3.05, 3.63) is 65.6 Å². The van der Waals surface area contributed by atoms with Crippen LogP contribution in [0.1, 0.15) is 16.1 Å². The summed E-state index contributed by atoms with van der Waals surface area (Å²) in [5.41, 5.74) is 1.22. The molecule has 3 rings (SSSR count). The Labute approximate surface area is 119 Å². The van der Waals surface area contributed by atoms with Crippen LogP contribution in [-0.2, 0) is 0 Å². The molecule has 6 heteroatoms. The Bertz CT molecular complexity index is 822. The van der Waals surface area contributed by atoms with Gasteiger partial charge < -0.3 is 9.72 Å². The van der Waals surface area contributed by atoms with Crippen LogP contribution in [0.15, 0.2) is 42.7 Å². The predicted octanol–water partition coefficient (Wildman–Crippen LogP) is 3.17. The molecule has 0 spiro atoms. The van der Waals surface area contributed by atoms with Crippen molar-refractivity contribution in [3.63, 3.8) is 0 Å². The van der Waals surface area contributed by atoms with E-state index in [4.69, 9.17) is 0 Å². The van der Waals surface area contributed by atoms with Gasteiger partial charge in [-0.05, 0) is 31.2 Å². The summed E-state index contributed by atoms with van der Waals surface area (Å²) in [6.07, 6.45) is 3.48. The van der Waals surface area contributed by atoms with Crippen molar-refractivity contribution in [1.29, 1.82) is 0 Å². The molecule has 0 aliphatic rings. The summed E-state index contributed by atoms with van der Waals surface area (Å²) >= 11 is 0. The van der Waals surface area contributed by atoms with Crippen LogP contribution >= 0.6 is 0 Å². The molecule has 4 nitrogen and oxygen atoms in total. The minimum absolute atomic E-state index is 0.274. The SMILES string of the molecule is Cc1cn2ccc(C(=O)Nc3c(F)cccc3F)cc2n1. The molecular weight excluding hydrogens is 276 g/mol. The summed E-state index contributed by atoms with van der Waals surface area (Å²) in [5.74, 6) is -2.23. The van der Waals surface area contributed by atoms with E-state index >= 15 is 0 Å². The maximum Gasteiger partial charge on any atom is 0.256 e. The van der Waals surface area contributed by atoms with E-state index in [0.29, 0.717) is 5.65 Å². The van der Waals surface area contributed by atoms with Crippen LogP contribution in [0.4, 0.5) is 14.5 Å². The molecule has 3 aromatic rings. The van der Waals surface area contributed by atoms with E-state index in [0.717, 1.165) is 17.8 Å². The molecule has 2 aromatic heterocycles. The number of para-hydroxylation sites is 1. The molecule has 1 N–H and O–H groups in total. The Morgan fingerprint density at radius 3 is 2.67 bits per heavy atom. The van der Waals surface area contributed by atoms with Crippen LogP contribution in [0, 0.1) is 18.6 Å². The first-order chi connectivity index (χ1) is 10.0. The van der Waals surface area contributed by atoms with Crippen molar-refractivity contribution in [3.8, 4) is 0 Å². The molecule has 0 saturated heterocycles. The van der Waals surface area contributed by atoms with Gasteiger partial charge in [-0.15, -0.1) is 0 Å². The minimum Gasteiger partial charge on any atom is -0.317 e. The molecule has 0 aliphatic carbocycles. The number of rotatable bonds is 2. The van der Waals surface area contributed by atoms with Crippen LogP contribution in [0.25, 0.3) is 5.65 Å². The van der Waals surface area contributed by atoms with Crippen LogP contribution < -0.4 is 5.32 Å². The molecule has 0 radical (unpaired) electrons. The van der Waals surface area contributed by atoms with Gasteiger partial charge in [-0.25, -0.2) is 13.8 Å². The van der Waals surface area contributed by atoms with Crippen molar-refractivity contribution < 1.29 is 13.6 Å². The summed E-state index contributed by atoms with van der Waals surface area (Å²) in [5, 5.41) is 2.24. The number of aromatic nitrogens is 2. The van der Waals surface area contributed by atoms with E-state index in [2.05, 4.69) is 10.3 Å². The lowest BCUT2D eigenvalue weighted by molar-refractivity contribution is 0.102. The van der Waals surface area contributed by atoms with Gasteiger partial charge in [-0.1, -0.05) is 6.07 Å². The second-order valence-corrected chi connectivity index (χ2v) is 4.61. The molecule has 0 fully saturated rings. The van der Waals surface area contributed by atoms with Crippen LogP contribution in [0.5, 0.6) is 0 Å². The van der Waals surface area contributed by atoms with E-state index in [1.54, 1.807) is 22.7 Å². The molecule has 106 valence electrons. The van der Waals surface area contributed by atoms with Crippen LogP contribution in [0.3, 0.4) is 0 Å². The molecule has 1 aromatic carbocycles. The summed E-state index contributed by atoms with van der Waals surface area (Å²) in [7, 11) is 0. The molecule has 0 atom stereocenters. The Hall–Kier alpha value is -2.76. The number of nitrogens with zero attached hydrogens (tertiary/aromatic N) is 2. The van der Waals surface area contributed by atoms with Gasteiger partial charge in [0.25, 0.3) is 5.91 Å². The highest BCUT2D eigenvalue weighted by Crippen LogP contribution is 2.19. The second-order valence-electron chi connectivity index (χ2n) is 4.61. The number of anilines is 1. The quantitative estimate of drug-likeness (QED) is 0.787. The zero-order chi connectivity index (χ0) is 15.0. The Morgan fingerprint density at radius 1 is 1.24 bits per heavy atom. The predicted molar refractivity (Wildman–Crippen MR) is 74.2 cm³/mol. The highest BCUT2D eigenvalue weighted by molar-refractivity contribution is 6.04. The van der Waals surface area contributed by atoms with Gasteiger partial charge in [-0.2, -0.15) is 0 Å². The van der Waals surface area contributed by atoms with E-state index < -0.39 is 23.2 Å². The van der Waals surface area contributed by atoms with Gasteiger partial charge in [0, 0.05) is 18.0 Å². The number of carbonyl (C=O) groups excluding carboxylic acids is 1. The number of hydrogen-bond donors (Lipinski definition) is 1. The largest absolute Gasteiger partial charge is 0.317 e. The number of carbonyl (C=O) groups is 1. The number of halogens is 2. The highest BCUT2D eigenvalue weighted by atomic mass is 19.1. The van der Waals surface area contributed by atoms with Crippen molar-refractivity contribution in [2.24, 2.45) is 0 Å². The van der Waals surface area contributed by atoms with Crippen molar-refractivity contribution in [1.82, 2.24) is 9.38 Å². The van der Waals surface area contributed by atoms with Gasteiger partial charge in [-0.3, -0.25) is 4.79 Å². The highest BCUT2D eigenvalue weighted by Gasteiger charge is 2.14. The fourth-order valence-electron chi connectivity index (χ4n) is 2.05. The maximum absolute atomic E-state index is 13.5. The average Bonchev–Trinajstić information content (AvgIpc) is 2.81. The minimum atomic E-state index is -0.818. The first kappa shape index (κ1) is 13.2. The lowest BCUT2D eigenvalue weighted by Crippen LogP contribution is -2.14. The fourth-order valence-corrected chi connectivity index (χ4v) is 2.05. The molecule has 21 heavy (non-hydrogen) atoms. The number of nitrogens with one attached hydrogen (secondary N) is 1. The van der Waals surface area contributed by atoms with E-state index in [1.165, 1.54) is 6.07 Å². The molecule has 0 saturated carbocycles. The van der Waals surface area contributed by atoms with Gasteiger partial charge in [0.1, 0.15) is 23.0 Å². The molecule has 0 aliphatic heterocycles. The summed E-state index contributed by atoms with van der Waals surface area (Å²) in [6.45, 7) is 1.83. The Morgan fingerprint density at radius 2 is 1.95 bits per heavy atom. The number of aryl methyl sites for hydroxylation is 1. The molecule has 0 bridgehead atoms. The Kier molecular flexibility index (Phi) is 3.13. The number of amides is 1. The lowest BCUT2D eigenvalue weighted by Gasteiger charge is -2.07. The topological polar surface area (TPSA) is 46.4 Å². The third kappa shape index (κ3) is 2.47. The van der Waals surface area contributed by atoms with Crippen LogP contribution in [0.2, 0.25) is 0 Å². The van der Waals surface area contributed by atoms with Gasteiger partial charge in [0.2, 0.25) is 0 Å². The standard InChI is InChI=1S/C15H11F2N3O/c1-9-8-20-6-5-10(7-13(20)18-9)15(21)19-14-11(16)3-2-4-12(14)17/h2-8H,1H3,(H,19,21). The van der Waals surface area contributed by atoms with Crippen LogP contribution in [-0.4, -0.2) is 15.3 Å². The number of pyridine rings is 1. The summed E-state index contributed by atoms with van der Waals surface area (Å²) in [4.78, 5) is 16.3. The van der Waals surface area contributed by atoms with E-state index in [9.17, 15) is 13.6 Å². The van der Waals surface area contributed by atoms with E-state index in [-0.39, 0.29) is 5.56 Å². The fraction of sp³-hybridized carbons (Fsp3) is 0.0667. The number of fused-ring (bicyclic) bond motifs is 1. The summed E-state index contributed by atoms with van der Waals surface area (Å²) < 4.78 is 28.8. The number of benzene rings is 1. The van der Waals surface area contributed by atoms with Crippen molar-refractivity contribution in [2.45, 2.75) is 6.92 Å². The number of hydrogen-bond acceptors (Lipinski definition) is 2. The number of imidazole rings is 1. The maximum atomic E-state index is 13.5. The van der Waals surface area contributed by atoms with Gasteiger partial charge in [0.05, 0.1) is 5.69 Å². The molecule has 2 heterocycles. The normalized spacial score (nSPS) is 10.8. The molecular formula is C15H11F2N3O. The third-order valence-corrected chi connectivity index (χ3v) is 3.04. The summed E-state index contributed by atoms with van der Waals surface area (Å²) in [6, 6.07) is 6.52. The van der Waals surface area contributed by atoms with E-state index in [1.807, 2.05) is 13.1 Å². The first-order valence-corrected chi connectivity index (χ1v) is 6.25. The molecule has 1 amide bonds. The average molecular weight is 287 g/mol. The van der Waals surface area contributed by atoms with Gasteiger partial charge >= 0.3 is 0 Å². The Balaban J connectivity index is 1.93. The zero-order valence-corrected chi connectivity index (χ0v) is 11.1. The second kappa shape index (κ2) is 4.97. The van der Waals surface area contributed by atoms with Crippen molar-refractivity contribution >= 4 is 17.2 Å². The third-order valence-electron chi connectivity index (χ3n) is 3.04. The monoisotopic (exact) mass is 287 g/mol. The van der Waals surface area contributed by atoms with Crippen molar-refractivity contribution in [2.75, 3.05) is 5.32 Å². The molecule has 0 unspecified atom stereocenters. The zero-order valence-electron chi connectivity index (χ0n) is 11.1. The van der Waals surface area contributed by atoms with Gasteiger partial charge in [0.15, 0.2) is 0 Å². The lowest BCUT2D eigenvalue weighted by atomic mass is 10.2. The first-order valence-electron chi connectivity index (χ1n) is 6.25. The smallest absolute Gasteiger partial charge is 0.256 e.